The summed E-state index contributed by atoms with van der Waals surface area (Å²) in [6.07, 6.45) is 2.98. The van der Waals surface area contributed by atoms with Crippen molar-refractivity contribution in [3.63, 3.8) is 0 Å². The third kappa shape index (κ3) is 4.87. The van der Waals surface area contributed by atoms with Gasteiger partial charge in [0.25, 0.3) is 0 Å². The van der Waals surface area contributed by atoms with Crippen LogP contribution in [0.2, 0.25) is 0 Å². The SMILES string of the molecule is CCCC(=O)Nc1ccc(NCc2ccc(OC)c(OC)c2)nc1. The molecule has 1 aromatic carbocycles. The van der Waals surface area contributed by atoms with Gasteiger partial charge >= 0.3 is 0 Å². The fraction of sp³-hybridized carbons (Fsp3) is 0.333. The number of methoxy groups -OCH3 is 2. The van der Waals surface area contributed by atoms with Gasteiger partial charge in [0.05, 0.1) is 26.1 Å². The lowest BCUT2D eigenvalue weighted by molar-refractivity contribution is -0.116. The van der Waals surface area contributed by atoms with Crippen LogP contribution in [0.15, 0.2) is 36.5 Å². The normalized spacial score (nSPS) is 10.1. The molecule has 2 aromatic rings. The van der Waals surface area contributed by atoms with Crippen molar-refractivity contribution in [1.82, 2.24) is 4.98 Å². The van der Waals surface area contributed by atoms with Gasteiger partial charge in [0.15, 0.2) is 11.5 Å². The van der Waals surface area contributed by atoms with E-state index in [0.29, 0.717) is 30.2 Å². The first-order valence-corrected chi connectivity index (χ1v) is 7.87. The lowest BCUT2D eigenvalue weighted by atomic mass is 10.2. The third-order valence-corrected chi connectivity index (χ3v) is 3.45. The highest BCUT2D eigenvalue weighted by atomic mass is 16.5. The van der Waals surface area contributed by atoms with Crippen LogP contribution < -0.4 is 20.1 Å². The van der Waals surface area contributed by atoms with Crippen LogP contribution >= 0.6 is 0 Å². The van der Waals surface area contributed by atoms with Crippen LogP contribution in [0, 0.1) is 0 Å². The molecule has 0 spiro atoms. The van der Waals surface area contributed by atoms with Crippen molar-refractivity contribution in [3.8, 4) is 11.5 Å². The number of carbonyl (C=O) groups is 1. The molecule has 0 saturated heterocycles. The molecule has 0 bridgehead atoms. The lowest BCUT2D eigenvalue weighted by Crippen LogP contribution is -2.11. The second-order valence-corrected chi connectivity index (χ2v) is 5.27. The Balaban J connectivity index is 1.93. The number of anilines is 2. The Morgan fingerprint density at radius 2 is 1.92 bits per heavy atom. The molecule has 0 atom stereocenters. The summed E-state index contributed by atoms with van der Waals surface area (Å²) in [5, 5.41) is 6.05. The minimum Gasteiger partial charge on any atom is -0.493 e. The van der Waals surface area contributed by atoms with Gasteiger partial charge in [-0.05, 0) is 36.2 Å². The number of hydrogen-bond donors (Lipinski definition) is 2. The molecule has 6 nitrogen and oxygen atoms in total. The Morgan fingerprint density at radius 3 is 2.54 bits per heavy atom. The maximum atomic E-state index is 11.5. The minimum atomic E-state index is 0.00494. The maximum Gasteiger partial charge on any atom is 0.224 e. The molecule has 1 aromatic heterocycles. The number of nitrogens with zero attached hydrogens (tertiary/aromatic N) is 1. The van der Waals surface area contributed by atoms with Gasteiger partial charge in [-0.1, -0.05) is 13.0 Å². The summed E-state index contributed by atoms with van der Waals surface area (Å²) in [5.74, 6) is 2.13. The van der Waals surface area contributed by atoms with Crippen molar-refractivity contribution in [2.45, 2.75) is 26.3 Å². The number of hydrogen-bond acceptors (Lipinski definition) is 5. The Kier molecular flexibility index (Phi) is 6.42. The van der Waals surface area contributed by atoms with Crippen LogP contribution in [-0.2, 0) is 11.3 Å². The zero-order valence-corrected chi connectivity index (χ0v) is 14.3. The van der Waals surface area contributed by atoms with E-state index in [1.54, 1.807) is 20.4 Å². The molecular weight excluding hydrogens is 306 g/mol. The van der Waals surface area contributed by atoms with E-state index in [-0.39, 0.29) is 5.91 Å². The number of aromatic nitrogens is 1. The van der Waals surface area contributed by atoms with Crippen LogP contribution in [0.5, 0.6) is 11.5 Å². The molecule has 0 radical (unpaired) electrons. The lowest BCUT2D eigenvalue weighted by Gasteiger charge is -2.11. The van der Waals surface area contributed by atoms with Crippen molar-refractivity contribution >= 4 is 17.4 Å². The summed E-state index contributed by atoms with van der Waals surface area (Å²) in [7, 11) is 3.22. The molecule has 0 unspecified atom stereocenters. The van der Waals surface area contributed by atoms with Crippen LogP contribution in [0.25, 0.3) is 0 Å². The molecular formula is C18H23N3O3. The quantitative estimate of drug-likeness (QED) is 0.776. The maximum absolute atomic E-state index is 11.5. The molecule has 24 heavy (non-hydrogen) atoms. The van der Waals surface area contributed by atoms with E-state index in [2.05, 4.69) is 15.6 Å². The van der Waals surface area contributed by atoms with Gasteiger partial charge in [0.2, 0.25) is 5.91 Å². The first kappa shape index (κ1) is 17.6. The van der Waals surface area contributed by atoms with Gasteiger partial charge in [-0.2, -0.15) is 0 Å². The van der Waals surface area contributed by atoms with E-state index in [0.717, 1.165) is 17.8 Å². The number of rotatable bonds is 8. The van der Waals surface area contributed by atoms with Crippen LogP contribution in [-0.4, -0.2) is 25.1 Å². The monoisotopic (exact) mass is 329 g/mol. The van der Waals surface area contributed by atoms with E-state index in [4.69, 9.17) is 9.47 Å². The average Bonchev–Trinajstić information content (AvgIpc) is 2.61. The van der Waals surface area contributed by atoms with Gasteiger partial charge in [-0.3, -0.25) is 4.79 Å². The van der Waals surface area contributed by atoms with E-state index < -0.39 is 0 Å². The van der Waals surface area contributed by atoms with Crippen molar-refractivity contribution in [1.29, 1.82) is 0 Å². The van der Waals surface area contributed by atoms with Crippen LogP contribution in [0.3, 0.4) is 0 Å². The summed E-state index contributed by atoms with van der Waals surface area (Å²) in [6.45, 7) is 2.58. The summed E-state index contributed by atoms with van der Waals surface area (Å²) in [4.78, 5) is 15.8. The fourth-order valence-electron chi connectivity index (χ4n) is 2.21. The van der Waals surface area contributed by atoms with Crippen molar-refractivity contribution in [2.75, 3.05) is 24.9 Å². The second-order valence-electron chi connectivity index (χ2n) is 5.27. The Morgan fingerprint density at radius 1 is 1.12 bits per heavy atom. The molecule has 128 valence electrons. The zero-order chi connectivity index (χ0) is 17.4. The highest BCUT2D eigenvalue weighted by Gasteiger charge is 2.05. The predicted molar refractivity (Wildman–Crippen MR) is 94.6 cm³/mol. The molecule has 0 aliphatic carbocycles. The molecule has 2 rings (SSSR count). The van der Waals surface area contributed by atoms with Gasteiger partial charge in [0.1, 0.15) is 5.82 Å². The van der Waals surface area contributed by atoms with E-state index in [1.807, 2.05) is 37.3 Å². The van der Waals surface area contributed by atoms with Crippen LogP contribution in [0.1, 0.15) is 25.3 Å². The summed E-state index contributed by atoms with van der Waals surface area (Å²) < 4.78 is 10.5. The first-order valence-electron chi connectivity index (χ1n) is 7.87. The van der Waals surface area contributed by atoms with Crippen molar-refractivity contribution in [2.24, 2.45) is 0 Å². The number of carbonyl (C=O) groups excluding carboxylic acids is 1. The van der Waals surface area contributed by atoms with Crippen molar-refractivity contribution in [3.05, 3.63) is 42.1 Å². The Labute approximate surface area is 142 Å². The van der Waals surface area contributed by atoms with Crippen LogP contribution in [0.4, 0.5) is 11.5 Å². The Hall–Kier alpha value is -2.76. The highest BCUT2D eigenvalue weighted by molar-refractivity contribution is 5.90. The molecule has 0 saturated carbocycles. The highest BCUT2D eigenvalue weighted by Crippen LogP contribution is 2.27. The number of amides is 1. The summed E-state index contributed by atoms with van der Waals surface area (Å²) >= 11 is 0. The largest absolute Gasteiger partial charge is 0.493 e. The molecule has 2 N–H and O–H groups in total. The topological polar surface area (TPSA) is 72.5 Å². The van der Waals surface area contributed by atoms with Gasteiger partial charge in [-0.25, -0.2) is 4.98 Å². The second kappa shape index (κ2) is 8.76. The summed E-state index contributed by atoms with van der Waals surface area (Å²) in [6, 6.07) is 9.42. The van der Waals surface area contributed by atoms with Gasteiger partial charge in [-0.15, -0.1) is 0 Å². The standard InChI is InChI=1S/C18H23N3O3/c1-4-5-18(22)21-14-7-9-17(20-12-14)19-11-13-6-8-15(23-2)16(10-13)24-3/h6-10,12H,4-5,11H2,1-3H3,(H,19,20)(H,21,22). The summed E-state index contributed by atoms with van der Waals surface area (Å²) in [5.41, 5.74) is 1.75. The minimum absolute atomic E-state index is 0.00494. The number of pyridine rings is 1. The van der Waals surface area contributed by atoms with E-state index in [9.17, 15) is 4.79 Å². The number of ether oxygens (including phenoxy) is 2. The van der Waals surface area contributed by atoms with Crippen molar-refractivity contribution < 1.29 is 14.3 Å². The fourth-order valence-corrected chi connectivity index (χ4v) is 2.21. The van der Waals surface area contributed by atoms with Gasteiger partial charge in [0, 0.05) is 13.0 Å². The number of nitrogens with one attached hydrogen (secondary N) is 2. The first-order chi connectivity index (χ1) is 11.7. The molecule has 0 aliphatic rings. The molecule has 6 heteroatoms. The molecule has 0 aliphatic heterocycles. The molecule has 1 heterocycles. The Bertz CT molecular complexity index is 672. The zero-order valence-electron chi connectivity index (χ0n) is 14.3. The van der Waals surface area contributed by atoms with E-state index in [1.165, 1.54) is 0 Å². The van der Waals surface area contributed by atoms with E-state index >= 15 is 0 Å². The van der Waals surface area contributed by atoms with Gasteiger partial charge < -0.3 is 20.1 Å². The molecule has 0 fully saturated rings. The average molecular weight is 329 g/mol. The predicted octanol–water partition coefficient (Wildman–Crippen LogP) is 3.45. The number of benzene rings is 1. The third-order valence-electron chi connectivity index (χ3n) is 3.45. The smallest absolute Gasteiger partial charge is 0.224 e. The molecule has 1 amide bonds.